The first kappa shape index (κ1) is 10.2. The molecule has 0 saturated carbocycles. The Morgan fingerprint density at radius 3 is 1.80 bits per heavy atom. The summed E-state index contributed by atoms with van der Waals surface area (Å²) in [5, 5.41) is 0.435. The van der Waals surface area contributed by atoms with Gasteiger partial charge in [0.25, 0.3) is 0 Å². The predicted octanol–water partition coefficient (Wildman–Crippen LogP) is 2.57. The molecule has 1 nitrogen and oxygen atoms in total. The highest BCUT2D eigenvalue weighted by atomic mass is 28.3. The number of hydrogen-bond donors (Lipinski definition) is 0. The van der Waals surface area contributed by atoms with Crippen molar-refractivity contribution in [3.63, 3.8) is 0 Å². The molecule has 0 spiro atoms. The third kappa shape index (κ3) is 3.37. The molecule has 0 aliphatic carbocycles. The lowest BCUT2D eigenvalue weighted by molar-refractivity contribution is 0.323. The Bertz CT molecular complexity index is 85.7. The summed E-state index contributed by atoms with van der Waals surface area (Å²) in [4.78, 5) is 0. The Balaban J connectivity index is 3.81. The molecule has 0 aliphatic heterocycles. The molecule has 0 aromatic heterocycles. The van der Waals surface area contributed by atoms with Crippen molar-refractivity contribution in [1.82, 2.24) is 0 Å². The largest absolute Gasteiger partial charge is 0.420 e. The summed E-state index contributed by atoms with van der Waals surface area (Å²) >= 11 is 0. The second-order valence-corrected chi connectivity index (χ2v) is 7.58. The van der Waals surface area contributed by atoms with Crippen LogP contribution in [0, 0.1) is 0 Å². The molecular formula is C8H20OSi. The number of rotatable bonds is 3. The van der Waals surface area contributed by atoms with E-state index in [1.54, 1.807) is 0 Å². The van der Waals surface area contributed by atoms with E-state index in [2.05, 4.69) is 34.6 Å². The van der Waals surface area contributed by atoms with Crippen molar-refractivity contribution < 1.29 is 4.43 Å². The van der Waals surface area contributed by atoms with Crippen LogP contribution in [0.5, 0.6) is 0 Å². The highest BCUT2D eigenvalue weighted by molar-refractivity contribution is 6.55. The highest BCUT2D eigenvalue weighted by Crippen LogP contribution is 2.29. The predicted molar refractivity (Wildman–Crippen MR) is 49.0 cm³/mol. The second kappa shape index (κ2) is 4.14. The lowest BCUT2D eigenvalue weighted by atomic mass is 10.2. The van der Waals surface area contributed by atoms with Crippen molar-refractivity contribution in [2.75, 3.05) is 6.61 Å². The fourth-order valence-corrected chi connectivity index (χ4v) is 3.54. The Labute approximate surface area is 66.5 Å². The molecule has 0 saturated heterocycles. The van der Waals surface area contributed by atoms with Gasteiger partial charge in [-0.3, -0.25) is 0 Å². The van der Waals surface area contributed by atoms with Crippen molar-refractivity contribution in [3.8, 4) is 0 Å². The summed E-state index contributed by atoms with van der Waals surface area (Å²) < 4.78 is 5.69. The molecule has 0 N–H and O–H groups in total. The van der Waals surface area contributed by atoms with Crippen LogP contribution in [0.15, 0.2) is 0 Å². The zero-order valence-electron chi connectivity index (χ0n) is 7.90. The van der Waals surface area contributed by atoms with Crippen LogP contribution < -0.4 is 0 Å². The van der Waals surface area contributed by atoms with E-state index in [4.69, 9.17) is 4.43 Å². The second-order valence-electron chi connectivity index (χ2n) is 3.72. The lowest BCUT2D eigenvalue weighted by Crippen LogP contribution is -2.28. The third-order valence-corrected chi connectivity index (χ3v) is 5.11. The van der Waals surface area contributed by atoms with Crippen molar-refractivity contribution in [3.05, 3.63) is 0 Å². The maximum absolute atomic E-state index is 5.69. The fraction of sp³-hybridized carbons (Fsp3) is 1.00. The van der Waals surface area contributed by atoms with Crippen LogP contribution in [-0.4, -0.2) is 15.6 Å². The van der Waals surface area contributed by atoms with Gasteiger partial charge in [0.05, 0.1) is 0 Å². The average molecular weight is 160 g/mol. The molecule has 0 bridgehead atoms. The topological polar surface area (TPSA) is 9.23 Å². The smallest absolute Gasteiger partial charge is 0.181 e. The zero-order valence-corrected chi connectivity index (χ0v) is 9.05. The van der Waals surface area contributed by atoms with Crippen LogP contribution in [0.3, 0.4) is 0 Å². The molecule has 0 rings (SSSR count). The molecule has 0 heterocycles. The molecule has 62 valence electrons. The average Bonchev–Trinajstić information content (AvgIpc) is 1.80. The minimum atomic E-state index is -0.901. The van der Waals surface area contributed by atoms with Crippen LogP contribution in [0.4, 0.5) is 0 Å². The molecule has 0 fully saturated rings. The van der Waals surface area contributed by atoms with E-state index in [9.17, 15) is 0 Å². The third-order valence-electron chi connectivity index (χ3n) is 1.70. The van der Waals surface area contributed by atoms with Crippen LogP contribution in [0.25, 0.3) is 0 Å². The molecule has 0 radical (unpaired) electrons. The van der Waals surface area contributed by atoms with Crippen molar-refractivity contribution in [2.24, 2.45) is 0 Å². The van der Waals surface area contributed by atoms with E-state index in [1.807, 2.05) is 0 Å². The van der Waals surface area contributed by atoms with E-state index < -0.39 is 9.04 Å². The molecule has 1 unspecified atom stereocenters. The summed E-state index contributed by atoms with van der Waals surface area (Å²) in [6.07, 6.45) is 0. The van der Waals surface area contributed by atoms with Crippen molar-refractivity contribution in [1.29, 1.82) is 0 Å². The quantitative estimate of drug-likeness (QED) is 0.577. The van der Waals surface area contributed by atoms with Crippen molar-refractivity contribution >= 4 is 9.04 Å². The van der Waals surface area contributed by atoms with E-state index in [0.29, 0.717) is 5.04 Å². The van der Waals surface area contributed by atoms with Gasteiger partial charge in [0, 0.05) is 6.61 Å². The SMILES string of the molecule is CCO[SiH](CC)C(C)(C)C. The summed E-state index contributed by atoms with van der Waals surface area (Å²) in [7, 11) is -0.901. The van der Waals surface area contributed by atoms with Crippen LogP contribution in [0.2, 0.25) is 11.1 Å². The first-order valence-corrected chi connectivity index (χ1v) is 6.00. The molecular weight excluding hydrogens is 140 g/mol. The van der Waals surface area contributed by atoms with Gasteiger partial charge >= 0.3 is 0 Å². The molecule has 0 amide bonds. The monoisotopic (exact) mass is 160 g/mol. The van der Waals surface area contributed by atoms with Gasteiger partial charge in [-0.05, 0) is 18.0 Å². The normalized spacial score (nSPS) is 15.3. The summed E-state index contributed by atoms with van der Waals surface area (Å²) in [5.74, 6) is 0. The van der Waals surface area contributed by atoms with Gasteiger partial charge in [0.15, 0.2) is 9.04 Å². The van der Waals surface area contributed by atoms with Crippen molar-refractivity contribution in [2.45, 2.75) is 45.7 Å². The van der Waals surface area contributed by atoms with E-state index >= 15 is 0 Å². The summed E-state index contributed by atoms with van der Waals surface area (Å²) in [6, 6.07) is 1.25. The van der Waals surface area contributed by atoms with Gasteiger partial charge in [0.1, 0.15) is 0 Å². The van der Waals surface area contributed by atoms with Gasteiger partial charge in [-0.15, -0.1) is 0 Å². The molecule has 2 heteroatoms. The highest BCUT2D eigenvalue weighted by Gasteiger charge is 2.25. The Morgan fingerprint density at radius 2 is 1.70 bits per heavy atom. The molecule has 1 atom stereocenters. The molecule has 10 heavy (non-hydrogen) atoms. The molecule has 0 aromatic carbocycles. The summed E-state index contributed by atoms with van der Waals surface area (Å²) in [6.45, 7) is 12.1. The lowest BCUT2D eigenvalue weighted by Gasteiger charge is -2.27. The standard InChI is InChI=1S/C8H20OSi/c1-6-9-10(7-2)8(3,4)5/h10H,6-7H2,1-5H3. The van der Waals surface area contributed by atoms with Gasteiger partial charge in [0.2, 0.25) is 0 Å². The maximum Gasteiger partial charge on any atom is 0.181 e. The van der Waals surface area contributed by atoms with E-state index in [1.165, 1.54) is 6.04 Å². The molecule has 0 aliphatic rings. The molecule has 0 aromatic rings. The maximum atomic E-state index is 5.69. The Kier molecular flexibility index (Phi) is 4.21. The summed E-state index contributed by atoms with van der Waals surface area (Å²) in [5.41, 5.74) is 0. The minimum Gasteiger partial charge on any atom is -0.420 e. The Morgan fingerprint density at radius 1 is 1.20 bits per heavy atom. The van der Waals surface area contributed by atoms with E-state index in [-0.39, 0.29) is 0 Å². The number of hydrogen-bond acceptors (Lipinski definition) is 1. The fourth-order valence-electron chi connectivity index (χ4n) is 1.18. The van der Waals surface area contributed by atoms with Crippen LogP contribution in [-0.2, 0) is 4.43 Å². The zero-order chi connectivity index (χ0) is 8.20. The first-order chi connectivity index (χ1) is 4.52. The van der Waals surface area contributed by atoms with Gasteiger partial charge < -0.3 is 4.43 Å². The van der Waals surface area contributed by atoms with Crippen LogP contribution >= 0.6 is 0 Å². The van der Waals surface area contributed by atoms with Crippen LogP contribution in [0.1, 0.15) is 34.6 Å². The van der Waals surface area contributed by atoms with E-state index in [0.717, 1.165) is 6.61 Å². The minimum absolute atomic E-state index is 0.435. The van der Waals surface area contributed by atoms with Gasteiger partial charge in [-0.1, -0.05) is 27.7 Å². The Hall–Kier alpha value is 0.177. The van der Waals surface area contributed by atoms with Gasteiger partial charge in [-0.2, -0.15) is 0 Å². The first-order valence-electron chi connectivity index (χ1n) is 4.14. The van der Waals surface area contributed by atoms with Gasteiger partial charge in [-0.25, -0.2) is 0 Å².